The summed E-state index contributed by atoms with van der Waals surface area (Å²) in [6.07, 6.45) is 1.14. The summed E-state index contributed by atoms with van der Waals surface area (Å²) in [7, 11) is 1.73. The first kappa shape index (κ1) is 16.2. The quantitative estimate of drug-likeness (QED) is 0.917. The van der Waals surface area contributed by atoms with Crippen LogP contribution in [-0.2, 0) is 0 Å². The standard InChI is InChI=1S/C18H30N2O/c1-7-18(5)12-20(17(11-19-18)13(2)3)16-9-8-15(21-6)10-14(16)4/h8-10,13,17,19H,7,11-12H2,1-6H3. The number of hydrogen-bond acceptors (Lipinski definition) is 3. The van der Waals surface area contributed by atoms with E-state index >= 15 is 0 Å². The van der Waals surface area contributed by atoms with Crippen LogP contribution in [-0.4, -0.2) is 31.8 Å². The number of benzene rings is 1. The van der Waals surface area contributed by atoms with Crippen molar-refractivity contribution in [3.05, 3.63) is 23.8 Å². The smallest absolute Gasteiger partial charge is 0.119 e. The van der Waals surface area contributed by atoms with Crippen LogP contribution in [0.15, 0.2) is 18.2 Å². The molecule has 0 aliphatic carbocycles. The Labute approximate surface area is 129 Å². The lowest BCUT2D eigenvalue weighted by Crippen LogP contribution is -2.64. The van der Waals surface area contributed by atoms with E-state index in [1.807, 2.05) is 0 Å². The third-order valence-electron chi connectivity index (χ3n) is 4.92. The maximum atomic E-state index is 5.34. The van der Waals surface area contributed by atoms with Crippen LogP contribution in [0.5, 0.6) is 5.75 Å². The Morgan fingerprint density at radius 2 is 2.14 bits per heavy atom. The topological polar surface area (TPSA) is 24.5 Å². The summed E-state index contributed by atoms with van der Waals surface area (Å²) in [4.78, 5) is 2.60. The number of piperazine rings is 1. The van der Waals surface area contributed by atoms with E-state index in [-0.39, 0.29) is 5.54 Å². The van der Waals surface area contributed by atoms with Gasteiger partial charge < -0.3 is 15.0 Å². The van der Waals surface area contributed by atoms with E-state index in [9.17, 15) is 0 Å². The molecule has 0 amide bonds. The molecule has 0 aromatic heterocycles. The molecule has 1 N–H and O–H groups in total. The van der Waals surface area contributed by atoms with E-state index < -0.39 is 0 Å². The molecule has 1 aliphatic rings. The highest BCUT2D eigenvalue weighted by atomic mass is 16.5. The molecule has 0 radical (unpaired) electrons. The van der Waals surface area contributed by atoms with Gasteiger partial charge in [-0.25, -0.2) is 0 Å². The highest BCUT2D eigenvalue weighted by Crippen LogP contribution is 2.32. The zero-order valence-corrected chi connectivity index (χ0v) is 14.4. The van der Waals surface area contributed by atoms with Crippen molar-refractivity contribution in [2.45, 2.75) is 52.6 Å². The van der Waals surface area contributed by atoms with E-state index in [1.165, 1.54) is 11.3 Å². The van der Waals surface area contributed by atoms with Gasteiger partial charge in [0.1, 0.15) is 5.75 Å². The van der Waals surface area contributed by atoms with Crippen LogP contribution in [0, 0.1) is 12.8 Å². The van der Waals surface area contributed by atoms with Gasteiger partial charge in [-0.3, -0.25) is 0 Å². The van der Waals surface area contributed by atoms with Crippen molar-refractivity contribution in [2.75, 3.05) is 25.1 Å². The maximum absolute atomic E-state index is 5.34. The molecule has 1 heterocycles. The van der Waals surface area contributed by atoms with E-state index in [4.69, 9.17) is 4.74 Å². The molecule has 1 aromatic rings. The molecule has 2 rings (SSSR count). The lowest BCUT2D eigenvalue weighted by molar-refractivity contribution is 0.252. The van der Waals surface area contributed by atoms with Crippen molar-refractivity contribution >= 4 is 5.69 Å². The van der Waals surface area contributed by atoms with Crippen LogP contribution in [0.4, 0.5) is 5.69 Å². The highest BCUT2D eigenvalue weighted by Gasteiger charge is 2.36. The Kier molecular flexibility index (Phi) is 4.82. The zero-order valence-electron chi connectivity index (χ0n) is 14.4. The molecule has 1 saturated heterocycles. The second kappa shape index (κ2) is 6.27. The van der Waals surface area contributed by atoms with Crippen LogP contribution in [0.2, 0.25) is 0 Å². The molecule has 0 saturated carbocycles. The van der Waals surface area contributed by atoms with Crippen LogP contribution in [0.3, 0.4) is 0 Å². The Balaban J connectivity index is 2.35. The van der Waals surface area contributed by atoms with Crippen molar-refractivity contribution in [1.82, 2.24) is 5.32 Å². The molecule has 0 bridgehead atoms. The van der Waals surface area contributed by atoms with Crippen LogP contribution < -0.4 is 15.0 Å². The van der Waals surface area contributed by atoms with Gasteiger partial charge in [-0.05, 0) is 49.9 Å². The first-order valence-electron chi connectivity index (χ1n) is 8.06. The molecule has 118 valence electrons. The molecular weight excluding hydrogens is 260 g/mol. The number of ether oxygens (including phenoxy) is 1. The van der Waals surface area contributed by atoms with E-state index in [0.29, 0.717) is 12.0 Å². The Hall–Kier alpha value is -1.22. The average Bonchev–Trinajstić information content (AvgIpc) is 2.46. The maximum Gasteiger partial charge on any atom is 0.119 e. The molecule has 1 fully saturated rings. The summed E-state index contributed by atoms with van der Waals surface area (Å²) >= 11 is 0. The van der Waals surface area contributed by atoms with Gasteiger partial charge in [-0.15, -0.1) is 0 Å². The average molecular weight is 290 g/mol. The number of anilines is 1. The van der Waals surface area contributed by atoms with E-state index in [2.05, 4.69) is 63.0 Å². The number of nitrogens with zero attached hydrogens (tertiary/aromatic N) is 1. The van der Waals surface area contributed by atoms with Crippen molar-refractivity contribution in [3.63, 3.8) is 0 Å². The number of hydrogen-bond donors (Lipinski definition) is 1. The van der Waals surface area contributed by atoms with Crippen molar-refractivity contribution < 1.29 is 4.74 Å². The number of rotatable bonds is 4. The summed E-state index contributed by atoms with van der Waals surface area (Å²) in [5, 5.41) is 3.75. The van der Waals surface area contributed by atoms with Gasteiger partial charge in [0.15, 0.2) is 0 Å². The van der Waals surface area contributed by atoms with Crippen LogP contribution in [0.1, 0.15) is 39.7 Å². The molecule has 21 heavy (non-hydrogen) atoms. The largest absolute Gasteiger partial charge is 0.497 e. The SMILES string of the molecule is CCC1(C)CN(c2ccc(OC)cc2C)C(C(C)C)CN1. The van der Waals surface area contributed by atoms with Gasteiger partial charge in [0.05, 0.1) is 7.11 Å². The first-order valence-corrected chi connectivity index (χ1v) is 8.06. The Morgan fingerprint density at radius 3 is 2.67 bits per heavy atom. The predicted octanol–water partition coefficient (Wildman–Crippen LogP) is 3.61. The van der Waals surface area contributed by atoms with Gasteiger partial charge >= 0.3 is 0 Å². The lowest BCUT2D eigenvalue weighted by Gasteiger charge is -2.49. The predicted molar refractivity (Wildman–Crippen MR) is 90.4 cm³/mol. The van der Waals surface area contributed by atoms with Gasteiger partial charge in [0.2, 0.25) is 0 Å². The summed E-state index contributed by atoms with van der Waals surface area (Å²) in [5.74, 6) is 1.56. The normalized spacial score (nSPS) is 26.2. The Bertz CT molecular complexity index is 486. The molecular formula is C18H30N2O. The van der Waals surface area contributed by atoms with Crippen molar-refractivity contribution in [3.8, 4) is 5.75 Å². The number of nitrogens with one attached hydrogen (secondary N) is 1. The van der Waals surface area contributed by atoms with Gasteiger partial charge in [0.25, 0.3) is 0 Å². The van der Waals surface area contributed by atoms with Gasteiger partial charge in [-0.2, -0.15) is 0 Å². The van der Waals surface area contributed by atoms with Gasteiger partial charge in [-0.1, -0.05) is 20.8 Å². The Morgan fingerprint density at radius 1 is 1.43 bits per heavy atom. The second-order valence-electron chi connectivity index (χ2n) is 6.89. The molecule has 2 unspecified atom stereocenters. The van der Waals surface area contributed by atoms with E-state index in [0.717, 1.165) is 25.3 Å². The van der Waals surface area contributed by atoms with Crippen LogP contribution >= 0.6 is 0 Å². The fourth-order valence-corrected chi connectivity index (χ4v) is 3.18. The molecule has 0 spiro atoms. The van der Waals surface area contributed by atoms with Crippen LogP contribution in [0.25, 0.3) is 0 Å². The monoisotopic (exact) mass is 290 g/mol. The molecule has 3 nitrogen and oxygen atoms in total. The first-order chi connectivity index (χ1) is 9.90. The number of methoxy groups -OCH3 is 1. The summed E-state index contributed by atoms with van der Waals surface area (Å²) < 4.78 is 5.34. The summed E-state index contributed by atoms with van der Waals surface area (Å²) in [6, 6.07) is 6.96. The number of aryl methyl sites for hydroxylation is 1. The zero-order chi connectivity index (χ0) is 15.6. The minimum absolute atomic E-state index is 0.192. The highest BCUT2D eigenvalue weighted by molar-refractivity contribution is 5.57. The fraction of sp³-hybridized carbons (Fsp3) is 0.667. The third-order valence-corrected chi connectivity index (χ3v) is 4.92. The van der Waals surface area contributed by atoms with E-state index in [1.54, 1.807) is 7.11 Å². The lowest BCUT2D eigenvalue weighted by atomic mass is 9.89. The molecule has 2 atom stereocenters. The fourth-order valence-electron chi connectivity index (χ4n) is 3.18. The molecule has 3 heteroatoms. The second-order valence-corrected chi connectivity index (χ2v) is 6.89. The molecule has 1 aliphatic heterocycles. The summed E-state index contributed by atoms with van der Waals surface area (Å²) in [5.41, 5.74) is 2.83. The van der Waals surface area contributed by atoms with Crippen molar-refractivity contribution in [2.24, 2.45) is 5.92 Å². The molecule has 1 aromatic carbocycles. The minimum atomic E-state index is 0.192. The minimum Gasteiger partial charge on any atom is -0.497 e. The van der Waals surface area contributed by atoms with Gasteiger partial charge in [0, 0.05) is 30.4 Å². The third kappa shape index (κ3) is 3.34. The summed E-state index contributed by atoms with van der Waals surface area (Å²) in [6.45, 7) is 13.5. The van der Waals surface area contributed by atoms with Crippen molar-refractivity contribution in [1.29, 1.82) is 0 Å².